The summed E-state index contributed by atoms with van der Waals surface area (Å²) in [5, 5.41) is 4.31. The largest absolute Gasteiger partial charge is 0.573 e. The van der Waals surface area contributed by atoms with Gasteiger partial charge in [0.1, 0.15) is 28.8 Å². The highest BCUT2D eigenvalue weighted by molar-refractivity contribution is 5.89. The summed E-state index contributed by atoms with van der Waals surface area (Å²) >= 11 is 0. The maximum Gasteiger partial charge on any atom is 0.573 e. The lowest BCUT2D eigenvalue weighted by Crippen LogP contribution is -2.56. The van der Waals surface area contributed by atoms with Crippen LogP contribution in [-0.2, 0) is 26.4 Å². The number of aromatic nitrogens is 1. The molecule has 2 atom stereocenters. The van der Waals surface area contributed by atoms with Crippen LogP contribution in [0, 0.1) is 0 Å². The van der Waals surface area contributed by atoms with E-state index >= 15 is 0 Å². The molecule has 11 heteroatoms. The predicted octanol–water partition coefficient (Wildman–Crippen LogP) is 3.64. The van der Waals surface area contributed by atoms with Crippen molar-refractivity contribution in [3.05, 3.63) is 83.7 Å². The van der Waals surface area contributed by atoms with Crippen molar-refractivity contribution in [2.75, 3.05) is 11.7 Å². The van der Waals surface area contributed by atoms with Gasteiger partial charge in [0.2, 0.25) is 5.91 Å². The van der Waals surface area contributed by atoms with Crippen LogP contribution in [0.1, 0.15) is 23.2 Å². The molecule has 2 aliphatic heterocycles. The zero-order valence-electron chi connectivity index (χ0n) is 18.7. The van der Waals surface area contributed by atoms with Crippen molar-refractivity contribution < 1.29 is 37.1 Å². The molecule has 1 N–H and O–H groups in total. The fraction of sp³-hybridized carbons (Fsp3) is 0.240. The molecule has 3 heterocycles. The van der Waals surface area contributed by atoms with Gasteiger partial charge in [-0.25, -0.2) is 0 Å². The van der Waals surface area contributed by atoms with E-state index in [4.69, 9.17) is 9.57 Å². The second-order valence-electron chi connectivity index (χ2n) is 8.29. The number of fused-ring (bicyclic) bond motifs is 2. The third-order valence-electron chi connectivity index (χ3n) is 6.21. The van der Waals surface area contributed by atoms with Crippen molar-refractivity contribution in [2.45, 2.75) is 30.8 Å². The first-order valence-electron chi connectivity index (χ1n) is 11.0. The number of amides is 1. The lowest BCUT2D eigenvalue weighted by molar-refractivity contribution is -0.274. The molecular formula is C25H20F3N3O5. The highest BCUT2D eigenvalue weighted by Gasteiger charge is 2.46. The summed E-state index contributed by atoms with van der Waals surface area (Å²) in [6, 6.07) is 15.0. The minimum Gasteiger partial charge on any atom is -0.491 e. The molecule has 2 aliphatic rings. The third-order valence-corrected chi connectivity index (χ3v) is 6.21. The smallest absolute Gasteiger partial charge is 0.491 e. The Morgan fingerprint density at radius 2 is 1.92 bits per heavy atom. The number of ether oxygens (including phenoxy) is 2. The molecule has 8 nitrogen and oxygen atoms in total. The molecule has 186 valence electrons. The van der Waals surface area contributed by atoms with E-state index in [0.717, 1.165) is 5.56 Å². The van der Waals surface area contributed by atoms with E-state index in [1.54, 1.807) is 30.5 Å². The molecule has 0 aliphatic carbocycles. The Morgan fingerprint density at radius 1 is 1.14 bits per heavy atom. The van der Waals surface area contributed by atoms with Gasteiger partial charge in [-0.1, -0.05) is 30.3 Å². The number of alkyl halides is 3. The van der Waals surface area contributed by atoms with E-state index in [0.29, 0.717) is 22.7 Å². The van der Waals surface area contributed by atoms with Crippen LogP contribution >= 0.6 is 0 Å². The first-order valence-corrected chi connectivity index (χ1v) is 11.0. The van der Waals surface area contributed by atoms with E-state index in [1.807, 2.05) is 12.1 Å². The topological polar surface area (TPSA) is 90.0 Å². The van der Waals surface area contributed by atoms with Gasteiger partial charge < -0.3 is 19.6 Å². The van der Waals surface area contributed by atoms with Crippen LogP contribution in [-0.4, -0.2) is 36.4 Å². The number of hydroxylamine groups is 1. The molecule has 0 bridgehead atoms. The summed E-state index contributed by atoms with van der Waals surface area (Å²) in [6.45, 7) is 0.474. The van der Waals surface area contributed by atoms with Crippen LogP contribution in [0.3, 0.4) is 0 Å². The van der Waals surface area contributed by atoms with Crippen LogP contribution < -0.4 is 19.9 Å². The van der Waals surface area contributed by atoms with E-state index in [2.05, 4.69) is 15.0 Å². The van der Waals surface area contributed by atoms with E-state index < -0.39 is 29.6 Å². The van der Waals surface area contributed by atoms with Gasteiger partial charge in [-0.15, -0.1) is 13.2 Å². The maximum atomic E-state index is 13.7. The molecule has 1 amide bonds. The van der Waals surface area contributed by atoms with E-state index in [1.165, 1.54) is 29.3 Å². The number of para-hydroxylation sites is 1. The minimum atomic E-state index is -4.83. The molecule has 36 heavy (non-hydrogen) atoms. The minimum absolute atomic E-state index is 0.221. The normalized spacial score (nSPS) is 20.5. The molecule has 0 saturated carbocycles. The number of nitrogens with zero attached hydrogens (tertiary/aromatic N) is 2. The van der Waals surface area contributed by atoms with Gasteiger partial charge in [0, 0.05) is 19.0 Å². The third kappa shape index (κ3) is 4.28. The van der Waals surface area contributed by atoms with Crippen molar-refractivity contribution in [3.63, 3.8) is 0 Å². The highest BCUT2D eigenvalue weighted by Crippen LogP contribution is 2.42. The van der Waals surface area contributed by atoms with Crippen molar-refractivity contribution in [3.8, 4) is 11.5 Å². The monoisotopic (exact) mass is 499 g/mol. The van der Waals surface area contributed by atoms with Crippen molar-refractivity contribution in [1.82, 2.24) is 10.3 Å². The molecule has 0 fully saturated rings. The fourth-order valence-electron chi connectivity index (χ4n) is 4.70. The number of benzene rings is 2. The maximum absolute atomic E-state index is 13.7. The number of carbonyl (C=O) groups excluding carboxylic acids is 2. The quantitative estimate of drug-likeness (QED) is 0.518. The summed E-state index contributed by atoms with van der Waals surface area (Å²) in [5.74, 6) is -0.407. The summed E-state index contributed by atoms with van der Waals surface area (Å²) < 4.78 is 47.8. The second kappa shape index (κ2) is 9.06. The number of halogens is 3. The fourth-order valence-corrected chi connectivity index (χ4v) is 4.70. The second-order valence-corrected chi connectivity index (χ2v) is 8.29. The first kappa shape index (κ1) is 23.5. The lowest BCUT2D eigenvalue weighted by atomic mass is 9.81. The van der Waals surface area contributed by atoms with Crippen LogP contribution in [0.2, 0.25) is 0 Å². The van der Waals surface area contributed by atoms with Crippen LogP contribution in [0.15, 0.2) is 66.9 Å². The average molecular weight is 499 g/mol. The van der Waals surface area contributed by atoms with Gasteiger partial charge in [-0.05, 0) is 41.5 Å². The summed E-state index contributed by atoms with van der Waals surface area (Å²) in [4.78, 5) is 34.5. The predicted molar refractivity (Wildman–Crippen MR) is 120 cm³/mol. The van der Waals surface area contributed by atoms with Crippen LogP contribution in [0.5, 0.6) is 11.5 Å². The Bertz CT molecular complexity index is 1280. The molecule has 0 radical (unpaired) electrons. The van der Waals surface area contributed by atoms with Crippen molar-refractivity contribution in [2.24, 2.45) is 0 Å². The summed E-state index contributed by atoms with van der Waals surface area (Å²) in [6.07, 6.45) is -2.74. The zero-order valence-corrected chi connectivity index (χ0v) is 18.7. The first-order chi connectivity index (χ1) is 17.3. The SMILES string of the molecule is O=CON1c2ccccc2CC1C(=O)N[C@]1(c2ccc(OC(F)(F)F)cc2)CCOc2cccnc21. The Hall–Kier alpha value is -4.28. The number of carbonyl (C=O) groups is 2. The van der Waals surface area contributed by atoms with Crippen molar-refractivity contribution in [1.29, 1.82) is 0 Å². The van der Waals surface area contributed by atoms with Crippen LogP contribution in [0.25, 0.3) is 0 Å². The molecule has 1 unspecified atom stereocenters. The summed E-state index contributed by atoms with van der Waals surface area (Å²) in [5.41, 5.74) is 1.11. The number of rotatable bonds is 6. The van der Waals surface area contributed by atoms with Gasteiger partial charge in [-0.3, -0.25) is 14.6 Å². The number of pyridine rings is 1. The average Bonchev–Trinajstić information content (AvgIpc) is 3.23. The summed E-state index contributed by atoms with van der Waals surface area (Å²) in [7, 11) is 0. The molecular weight excluding hydrogens is 479 g/mol. The highest BCUT2D eigenvalue weighted by atomic mass is 19.4. The van der Waals surface area contributed by atoms with Gasteiger partial charge in [-0.2, -0.15) is 5.06 Å². The van der Waals surface area contributed by atoms with Gasteiger partial charge in [0.15, 0.2) is 0 Å². The Labute approximate surface area is 203 Å². The number of hydrogen-bond donors (Lipinski definition) is 1. The van der Waals surface area contributed by atoms with Crippen LogP contribution in [0.4, 0.5) is 18.9 Å². The molecule has 0 spiro atoms. The molecule has 5 rings (SSSR count). The van der Waals surface area contributed by atoms with E-state index in [9.17, 15) is 22.8 Å². The molecule has 2 aromatic carbocycles. The Morgan fingerprint density at radius 3 is 2.67 bits per heavy atom. The molecule has 3 aromatic rings. The molecule has 0 saturated heterocycles. The number of nitrogens with one attached hydrogen (secondary N) is 1. The van der Waals surface area contributed by atoms with Gasteiger partial charge in [0.05, 0.1) is 12.3 Å². The van der Waals surface area contributed by atoms with E-state index in [-0.39, 0.29) is 25.9 Å². The van der Waals surface area contributed by atoms with Gasteiger partial charge >= 0.3 is 12.8 Å². The number of anilines is 1. The lowest BCUT2D eigenvalue weighted by Gasteiger charge is -2.40. The standard InChI is InChI=1S/C25H20F3N3O5/c26-25(27,28)36-18-9-7-17(8-10-18)24(11-13-34-21-6-3-12-29-22(21)24)30-23(33)20-14-16-4-1-2-5-19(16)31(20)35-15-32/h1-10,12,15,20H,11,13-14H2,(H,30,33)/t20?,24-/m0/s1. The van der Waals surface area contributed by atoms with Gasteiger partial charge in [0.25, 0.3) is 0 Å². The number of hydrogen-bond acceptors (Lipinski definition) is 7. The Kier molecular flexibility index (Phi) is 5.91. The molecule has 1 aromatic heterocycles. The van der Waals surface area contributed by atoms with Crippen molar-refractivity contribution >= 4 is 18.1 Å². The zero-order chi connectivity index (χ0) is 25.3. The Balaban J connectivity index is 1.53.